The van der Waals surface area contributed by atoms with Gasteiger partial charge in [-0.25, -0.2) is 19.0 Å². The Bertz CT molecular complexity index is 1890. The summed E-state index contributed by atoms with van der Waals surface area (Å²) in [5.74, 6) is -1.50. The summed E-state index contributed by atoms with van der Waals surface area (Å²) in [6.07, 6.45) is 4.55. The quantitative estimate of drug-likeness (QED) is 0.199. The molecule has 1 aliphatic heterocycles. The number of aromatic nitrogens is 4. The van der Waals surface area contributed by atoms with E-state index >= 15 is 4.39 Å². The second kappa shape index (κ2) is 14.1. The van der Waals surface area contributed by atoms with Crippen molar-refractivity contribution in [2.24, 2.45) is 0 Å². The molecule has 12 nitrogen and oxygen atoms in total. The zero-order valence-electron chi connectivity index (χ0n) is 26.4. The molecule has 1 saturated heterocycles. The van der Waals surface area contributed by atoms with Crippen molar-refractivity contribution >= 4 is 34.3 Å². The lowest BCUT2D eigenvalue weighted by molar-refractivity contribution is 0.0695. The van der Waals surface area contributed by atoms with Gasteiger partial charge in [-0.2, -0.15) is 0 Å². The lowest BCUT2D eigenvalue weighted by Crippen LogP contribution is -2.47. The first-order valence-corrected chi connectivity index (χ1v) is 15.7. The number of hydrogen-bond acceptors (Lipinski definition) is 8. The van der Waals surface area contributed by atoms with Crippen LogP contribution in [-0.2, 0) is 19.5 Å². The highest BCUT2D eigenvalue weighted by Crippen LogP contribution is 2.23. The number of pyridine rings is 2. The van der Waals surface area contributed by atoms with E-state index in [4.69, 9.17) is 0 Å². The first-order valence-electron chi connectivity index (χ1n) is 15.7. The third-order valence-electron chi connectivity index (χ3n) is 8.61. The number of fused-ring (bicyclic) bond motifs is 1. The molecule has 1 aromatic carbocycles. The number of nitrogens with zero attached hydrogens (tertiary/aromatic N) is 5. The molecule has 0 amide bonds. The lowest BCUT2D eigenvalue weighted by atomic mass is 10.1. The molecule has 0 unspecified atom stereocenters. The number of H-pyrrole nitrogens is 1. The molecule has 0 aliphatic carbocycles. The molecule has 3 N–H and O–H groups in total. The van der Waals surface area contributed by atoms with E-state index in [2.05, 4.69) is 34.0 Å². The highest BCUT2D eigenvalue weighted by molar-refractivity contribution is 5.92. The minimum Gasteiger partial charge on any atom is -0.477 e. The molecule has 0 bridgehead atoms. The maximum atomic E-state index is 15.1. The van der Waals surface area contributed by atoms with E-state index in [9.17, 15) is 24.3 Å². The van der Waals surface area contributed by atoms with Crippen molar-refractivity contribution in [2.45, 2.75) is 59.5 Å². The number of carbonyl (C=O) groups is 1. The molecule has 1 fully saturated rings. The van der Waals surface area contributed by atoms with E-state index in [1.807, 2.05) is 23.1 Å². The largest absolute Gasteiger partial charge is 0.477 e. The predicted molar refractivity (Wildman–Crippen MR) is 176 cm³/mol. The number of halogens is 1. The standard InChI is InChI=1S/C33H40FN7O5/c1-4-22-17-23(10-9-21(22)3)35-27-19-28(42)41(33(46)36-27)12-8-6-7-11-38-13-15-40(16-14-38)31-26(34)18-24-29(43)25(32(44)45)20-39(5-2)30(24)37-31/h9-10,17-20,35H,4-8,11-16H2,1-3H3,(H,36,46)(H,44,45). The van der Waals surface area contributed by atoms with Crippen LogP contribution in [0.3, 0.4) is 0 Å². The highest BCUT2D eigenvalue weighted by atomic mass is 19.1. The fourth-order valence-electron chi connectivity index (χ4n) is 5.94. The van der Waals surface area contributed by atoms with Gasteiger partial charge in [0.2, 0.25) is 5.43 Å². The molecule has 5 rings (SSSR count). The molecular weight excluding hydrogens is 593 g/mol. The van der Waals surface area contributed by atoms with Gasteiger partial charge in [-0.05, 0) is 69.0 Å². The normalized spacial score (nSPS) is 13.8. The molecule has 13 heteroatoms. The van der Waals surface area contributed by atoms with Gasteiger partial charge in [0.15, 0.2) is 11.6 Å². The fraction of sp³-hybridized carbons (Fsp3) is 0.424. The molecule has 1 aliphatic rings. The van der Waals surface area contributed by atoms with Gasteiger partial charge in [-0.3, -0.25) is 24.0 Å². The number of carboxylic acid groups (broad SMARTS) is 1. The average Bonchev–Trinajstić information content (AvgIpc) is 3.03. The maximum Gasteiger partial charge on any atom is 0.341 e. The molecule has 0 saturated carbocycles. The van der Waals surface area contributed by atoms with Crippen LogP contribution in [0.4, 0.5) is 21.7 Å². The third kappa shape index (κ3) is 7.04. The van der Waals surface area contributed by atoms with Crippen LogP contribution in [0.1, 0.15) is 54.6 Å². The number of carboxylic acids is 1. The summed E-state index contributed by atoms with van der Waals surface area (Å²) in [4.78, 5) is 60.8. The Labute approximate surface area is 265 Å². The van der Waals surface area contributed by atoms with Gasteiger partial charge in [0.25, 0.3) is 5.56 Å². The number of piperazine rings is 1. The molecule has 46 heavy (non-hydrogen) atoms. The molecule has 0 spiro atoms. The molecular formula is C33H40FN7O5. The van der Waals surface area contributed by atoms with Gasteiger partial charge in [-0.1, -0.05) is 19.4 Å². The minimum absolute atomic E-state index is 0.0498. The number of rotatable bonds is 12. The molecule has 3 aromatic heterocycles. The second-order valence-electron chi connectivity index (χ2n) is 11.6. The minimum atomic E-state index is -1.36. The maximum absolute atomic E-state index is 15.1. The van der Waals surface area contributed by atoms with Gasteiger partial charge >= 0.3 is 11.7 Å². The summed E-state index contributed by atoms with van der Waals surface area (Å²) >= 11 is 0. The van der Waals surface area contributed by atoms with Crippen molar-refractivity contribution in [3.8, 4) is 0 Å². The zero-order valence-corrected chi connectivity index (χ0v) is 26.4. The summed E-state index contributed by atoms with van der Waals surface area (Å²) in [6.45, 7) is 9.97. The molecule has 4 aromatic rings. The average molecular weight is 634 g/mol. The number of aryl methyl sites for hydroxylation is 3. The second-order valence-corrected chi connectivity index (χ2v) is 11.6. The predicted octanol–water partition coefficient (Wildman–Crippen LogP) is 3.71. The van der Waals surface area contributed by atoms with E-state index in [1.54, 1.807) is 11.5 Å². The first kappa shape index (κ1) is 32.6. The van der Waals surface area contributed by atoms with E-state index in [0.717, 1.165) is 37.6 Å². The summed E-state index contributed by atoms with van der Waals surface area (Å²) in [7, 11) is 0. The third-order valence-corrected chi connectivity index (χ3v) is 8.61. The monoisotopic (exact) mass is 633 g/mol. The fourth-order valence-corrected chi connectivity index (χ4v) is 5.94. The van der Waals surface area contributed by atoms with Gasteiger partial charge in [-0.15, -0.1) is 0 Å². The highest BCUT2D eigenvalue weighted by Gasteiger charge is 2.23. The van der Waals surface area contributed by atoms with Gasteiger partial charge < -0.3 is 19.9 Å². The van der Waals surface area contributed by atoms with Gasteiger partial charge in [0.05, 0.1) is 5.39 Å². The van der Waals surface area contributed by atoms with Crippen molar-refractivity contribution < 1.29 is 14.3 Å². The zero-order chi connectivity index (χ0) is 33.0. The summed E-state index contributed by atoms with van der Waals surface area (Å²) in [5.41, 5.74) is 1.51. The number of anilines is 3. The molecule has 0 radical (unpaired) electrons. The number of aromatic amines is 1. The van der Waals surface area contributed by atoms with Crippen molar-refractivity contribution in [1.82, 2.24) is 24.0 Å². The Morgan fingerprint density at radius 1 is 1.02 bits per heavy atom. The number of aromatic carboxylic acids is 1. The van der Waals surface area contributed by atoms with Crippen LogP contribution in [0.5, 0.6) is 0 Å². The number of nitrogens with one attached hydrogen (secondary N) is 2. The lowest BCUT2D eigenvalue weighted by Gasteiger charge is -2.35. The van der Waals surface area contributed by atoms with Crippen molar-refractivity contribution in [3.63, 3.8) is 0 Å². The van der Waals surface area contributed by atoms with Crippen molar-refractivity contribution in [3.05, 3.63) is 90.1 Å². The molecule has 244 valence electrons. The topological polar surface area (TPSA) is 146 Å². The van der Waals surface area contributed by atoms with Crippen molar-refractivity contribution in [2.75, 3.05) is 42.9 Å². The van der Waals surface area contributed by atoms with Crippen LogP contribution in [-0.4, -0.2) is 67.8 Å². The SMILES string of the molecule is CCc1cc(Nc2cc(=O)n(CCCCCN3CCN(c4nc5c(cc4F)c(=O)c(C(=O)O)cn5CC)CC3)c(=O)[nH]2)ccc1C. The number of unbranched alkanes of at least 4 members (excludes halogenated alkanes) is 2. The van der Waals surface area contributed by atoms with Crippen LogP contribution in [0, 0.1) is 12.7 Å². The first-order chi connectivity index (χ1) is 22.1. The Hall–Kier alpha value is -4.78. The van der Waals surface area contributed by atoms with Crippen LogP contribution < -0.4 is 26.9 Å². The van der Waals surface area contributed by atoms with E-state index in [1.165, 1.54) is 28.0 Å². The van der Waals surface area contributed by atoms with E-state index < -0.39 is 28.5 Å². The van der Waals surface area contributed by atoms with Crippen molar-refractivity contribution in [1.29, 1.82) is 0 Å². The smallest absolute Gasteiger partial charge is 0.341 e. The Morgan fingerprint density at radius 2 is 1.76 bits per heavy atom. The number of hydrogen-bond donors (Lipinski definition) is 3. The van der Waals surface area contributed by atoms with E-state index in [-0.39, 0.29) is 22.4 Å². The van der Waals surface area contributed by atoms with Crippen LogP contribution in [0.15, 0.2) is 50.9 Å². The Balaban J connectivity index is 1.11. The van der Waals surface area contributed by atoms with Crippen LogP contribution >= 0.6 is 0 Å². The van der Waals surface area contributed by atoms with E-state index in [0.29, 0.717) is 51.5 Å². The molecule has 0 atom stereocenters. The summed E-state index contributed by atoms with van der Waals surface area (Å²) in [6, 6.07) is 8.45. The molecule has 4 heterocycles. The van der Waals surface area contributed by atoms with Crippen LogP contribution in [0.2, 0.25) is 0 Å². The summed E-state index contributed by atoms with van der Waals surface area (Å²) < 4.78 is 17.9. The van der Waals surface area contributed by atoms with Gasteiger partial charge in [0, 0.05) is 57.2 Å². The Morgan fingerprint density at radius 3 is 2.43 bits per heavy atom. The summed E-state index contributed by atoms with van der Waals surface area (Å²) in [5, 5.41) is 12.4. The Kier molecular flexibility index (Phi) is 10.0. The number of benzene rings is 1. The van der Waals surface area contributed by atoms with Gasteiger partial charge in [0.1, 0.15) is 17.0 Å². The van der Waals surface area contributed by atoms with Crippen LogP contribution in [0.25, 0.3) is 11.0 Å².